The molecular formula is C17H16FN3. The van der Waals surface area contributed by atoms with Gasteiger partial charge in [0.05, 0.1) is 11.6 Å². The van der Waals surface area contributed by atoms with Gasteiger partial charge in [0.25, 0.3) is 0 Å². The second-order valence-corrected chi connectivity index (χ2v) is 5.41. The molecule has 0 saturated carbocycles. The minimum absolute atomic E-state index is 0.356. The molecule has 2 N–H and O–H groups in total. The first-order valence-corrected chi connectivity index (χ1v) is 6.94. The summed E-state index contributed by atoms with van der Waals surface area (Å²) < 4.78 is 13.5. The van der Waals surface area contributed by atoms with E-state index >= 15 is 0 Å². The number of anilines is 1. The number of nitriles is 1. The topological polar surface area (TPSA) is 53.0 Å². The molecule has 3 nitrogen and oxygen atoms in total. The van der Waals surface area contributed by atoms with Crippen LogP contribution in [0.4, 0.5) is 10.1 Å². The summed E-state index contributed by atoms with van der Waals surface area (Å²) in [5, 5.41) is 8.91. The first-order valence-electron chi connectivity index (χ1n) is 6.94. The van der Waals surface area contributed by atoms with Crippen LogP contribution < -0.4 is 5.73 Å². The van der Waals surface area contributed by atoms with Gasteiger partial charge in [0, 0.05) is 25.3 Å². The van der Waals surface area contributed by atoms with E-state index in [-0.39, 0.29) is 5.82 Å². The van der Waals surface area contributed by atoms with E-state index in [4.69, 9.17) is 11.0 Å². The average Bonchev–Trinajstić information content (AvgIpc) is 2.46. The Morgan fingerprint density at radius 3 is 2.95 bits per heavy atom. The van der Waals surface area contributed by atoms with Crippen molar-refractivity contribution in [2.45, 2.75) is 19.5 Å². The Labute approximate surface area is 123 Å². The number of rotatable bonds is 2. The normalized spacial score (nSPS) is 14.5. The fourth-order valence-corrected chi connectivity index (χ4v) is 2.90. The van der Waals surface area contributed by atoms with Crippen LogP contribution in [0.3, 0.4) is 0 Å². The van der Waals surface area contributed by atoms with Crippen LogP contribution in [0, 0.1) is 17.1 Å². The molecule has 0 bridgehead atoms. The van der Waals surface area contributed by atoms with E-state index in [1.165, 1.54) is 23.3 Å². The van der Waals surface area contributed by atoms with E-state index < -0.39 is 0 Å². The Morgan fingerprint density at radius 1 is 1.29 bits per heavy atom. The summed E-state index contributed by atoms with van der Waals surface area (Å²) in [7, 11) is 0. The van der Waals surface area contributed by atoms with E-state index in [9.17, 15) is 4.39 Å². The fourth-order valence-electron chi connectivity index (χ4n) is 2.90. The van der Waals surface area contributed by atoms with Crippen molar-refractivity contribution in [3.63, 3.8) is 0 Å². The second kappa shape index (κ2) is 5.55. The highest BCUT2D eigenvalue weighted by Gasteiger charge is 2.18. The molecule has 0 aromatic heterocycles. The monoisotopic (exact) mass is 281 g/mol. The Kier molecular flexibility index (Phi) is 3.59. The smallest absolute Gasteiger partial charge is 0.124 e. The molecule has 0 aliphatic carbocycles. The number of halogens is 1. The van der Waals surface area contributed by atoms with Crippen LogP contribution in [0.25, 0.3) is 0 Å². The zero-order chi connectivity index (χ0) is 14.8. The molecule has 0 fully saturated rings. The first-order chi connectivity index (χ1) is 10.2. The molecule has 4 heteroatoms. The van der Waals surface area contributed by atoms with Crippen molar-refractivity contribution < 1.29 is 4.39 Å². The molecule has 2 aromatic rings. The van der Waals surface area contributed by atoms with Crippen molar-refractivity contribution in [2.75, 3.05) is 12.3 Å². The van der Waals surface area contributed by atoms with Crippen molar-refractivity contribution in [1.82, 2.24) is 4.90 Å². The van der Waals surface area contributed by atoms with Crippen LogP contribution in [0.5, 0.6) is 0 Å². The quantitative estimate of drug-likeness (QED) is 0.861. The van der Waals surface area contributed by atoms with Gasteiger partial charge in [0.1, 0.15) is 5.82 Å². The second-order valence-electron chi connectivity index (χ2n) is 5.41. The average molecular weight is 281 g/mol. The van der Waals surface area contributed by atoms with E-state index in [1.54, 1.807) is 6.07 Å². The summed E-state index contributed by atoms with van der Waals surface area (Å²) in [5.41, 5.74) is 10.5. The van der Waals surface area contributed by atoms with Gasteiger partial charge in [0.15, 0.2) is 0 Å². The van der Waals surface area contributed by atoms with Gasteiger partial charge in [0.2, 0.25) is 0 Å². The van der Waals surface area contributed by atoms with Gasteiger partial charge in [-0.05, 0) is 47.4 Å². The summed E-state index contributed by atoms with van der Waals surface area (Å²) in [6.07, 6.45) is 0.905. The Hall–Kier alpha value is -2.38. The molecule has 3 rings (SSSR count). The van der Waals surface area contributed by atoms with Crippen LogP contribution in [0.15, 0.2) is 36.4 Å². The van der Waals surface area contributed by atoms with Crippen molar-refractivity contribution in [3.8, 4) is 6.07 Å². The largest absolute Gasteiger partial charge is 0.398 e. The lowest BCUT2D eigenvalue weighted by atomic mass is 9.97. The first kappa shape index (κ1) is 13.6. The summed E-state index contributed by atoms with van der Waals surface area (Å²) in [5.74, 6) is -0.356. The zero-order valence-electron chi connectivity index (χ0n) is 11.6. The standard InChI is InChI=1S/C17H16FN3/c18-15-7-12(9-19)6-13(8-15)10-21-5-4-16-14(11-21)2-1-3-17(16)20/h1-3,6-8H,4-5,10-11,20H2. The van der Waals surface area contributed by atoms with Crippen molar-refractivity contribution in [3.05, 3.63) is 64.5 Å². The Bertz CT molecular complexity index is 718. The number of nitrogens with zero attached hydrogens (tertiary/aromatic N) is 2. The van der Waals surface area contributed by atoms with Gasteiger partial charge in [-0.2, -0.15) is 5.26 Å². The number of nitrogen functional groups attached to an aromatic ring is 1. The molecule has 2 aromatic carbocycles. The van der Waals surface area contributed by atoms with Gasteiger partial charge in [-0.15, -0.1) is 0 Å². The minimum atomic E-state index is -0.356. The maximum Gasteiger partial charge on any atom is 0.124 e. The number of fused-ring (bicyclic) bond motifs is 1. The van der Waals surface area contributed by atoms with Crippen molar-refractivity contribution in [2.24, 2.45) is 0 Å². The SMILES string of the molecule is N#Cc1cc(F)cc(CN2CCc3c(N)cccc3C2)c1. The number of benzene rings is 2. The maximum absolute atomic E-state index is 13.5. The predicted octanol–water partition coefficient (Wildman–Crippen LogP) is 2.84. The van der Waals surface area contributed by atoms with Gasteiger partial charge in [-0.25, -0.2) is 4.39 Å². The number of nitrogens with two attached hydrogens (primary N) is 1. The molecule has 0 spiro atoms. The highest BCUT2D eigenvalue weighted by molar-refractivity contribution is 5.51. The van der Waals surface area contributed by atoms with Gasteiger partial charge in [-0.1, -0.05) is 12.1 Å². The van der Waals surface area contributed by atoms with Crippen LogP contribution >= 0.6 is 0 Å². The lowest BCUT2D eigenvalue weighted by Gasteiger charge is -2.29. The molecule has 1 aliphatic rings. The number of hydrogen-bond donors (Lipinski definition) is 1. The van der Waals surface area contributed by atoms with Gasteiger partial charge < -0.3 is 5.73 Å². The fraction of sp³-hybridized carbons (Fsp3) is 0.235. The molecule has 0 unspecified atom stereocenters. The highest BCUT2D eigenvalue weighted by atomic mass is 19.1. The molecular weight excluding hydrogens is 265 g/mol. The lowest BCUT2D eigenvalue weighted by molar-refractivity contribution is 0.245. The van der Waals surface area contributed by atoms with Crippen molar-refractivity contribution in [1.29, 1.82) is 5.26 Å². The third-order valence-corrected chi connectivity index (χ3v) is 3.87. The van der Waals surface area contributed by atoms with E-state index in [1.807, 2.05) is 18.2 Å². The van der Waals surface area contributed by atoms with Crippen molar-refractivity contribution >= 4 is 5.69 Å². The van der Waals surface area contributed by atoms with E-state index in [2.05, 4.69) is 11.0 Å². The summed E-state index contributed by atoms with van der Waals surface area (Å²) in [6, 6.07) is 12.5. The third kappa shape index (κ3) is 2.88. The maximum atomic E-state index is 13.5. The molecule has 0 amide bonds. The molecule has 1 aliphatic heterocycles. The van der Waals surface area contributed by atoms with Gasteiger partial charge >= 0.3 is 0 Å². The summed E-state index contributed by atoms with van der Waals surface area (Å²) >= 11 is 0. The van der Waals surface area contributed by atoms with Gasteiger partial charge in [-0.3, -0.25) is 4.90 Å². The minimum Gasteiger partial charge on any atom is -0.398 e. The molecule has 0 saturated heterocycles. The van der Waals surface area contributed by atoms with E-state index in [0.29, 0.717) is 12.1 Å². The molecule has 0 radical (unpaired) electrons. The lowest BCUT2D eigenvalue weighted by Crippen LogP contribution is -2.30. The van der Waals surface area contributed by atoms with Crippen LogP contribution in [0.1, 0.15) is 22.3 Å². The van der Waals surface area contributed by atoms with Crippen LogP contribution in [0.2, 0.25) is 0 Å². The summed E-state index contributed by atoms with van der Waals surface area (Å²) in [6.45, 7) is 2.33. The Morgan fingerprint density at radius 2 is 2.14 bits per heavy atom. The van der Waals surface area contributed by atoms with Crippen LogP contribution in [-0.2, 0) is 19.5 Å². The molecule has 21 heavy (non-hydrogen) atoms. The third-order valence-electron chi connectivity index (χ3n) is 3.87. The number of hydrogen-bond acceptors (Lipinski definition) is 3. The Balaban J connectivity index is 1.79. The molecule has 106 valence electrons. The molecule has 1 heterocycles. The van der Waals surface area contributed by atoms with Crippen LogP contribution in [-0.4, -0.2) is 11.4 Å². The molecule has 0 atom stereocenters. The zero-order valence-corrected chi connectivity index (χ0v) is 11.6. The summed E-state index contributed by atoms with van der Waals surface area (Å²) in [4.78, 5) is 2.25. The predicted molar refractivity (Wildman–Crippen MR) is 79.8 cm³/mol. The highest BCUT2D eigenvalue weighted by Crippen LogP contribution is 2.25. The van der Waals surface area contributed by atoms with E-state index in [0.717, 1.165) is 30.8 Å².